The first-order chi connectivity index (χ1) is 21.7. The highest BCUT2D eigenvalue weighted by Crippen LogP contribution is 2.11. The summed E-state index contributed by atoms with van der Waals surface area (Å²) in [7, 11) is 0. The molecule has 0 heterocycles. The number of carbonyl (C=O) groups excluding carboxylic acids is 2. The van der Waals surface area contributed by atoms with Crippen LogP contribution in [0.1, 0.15) is 122 Å². The molecule has 1 amide bonds. The van der Waals surface area contributed by atoms with Gasteiger partial charge in [0.15, 0.2) is 5.96 Å². The summed E-state index contributed by atoms with van der Waals surface area (Å²) < 4.78 is 188. The Morgan fingerprint density at radius 1 is 1.11 bits per heavy atom. The van der Waals surface area contributed by atoms with Crippen LogP contribution in [-0.2, 0) is 14.3 Å². The van der Waals surface area contributed by atoms with Crippen LogP contribution in [0.3, 0.4) is 0 Å². The Bertz CT molecular complexity index is 1260. The van der Waals surface area contributed by atoms with Gasteiger partial charge in [-0.25, -0.2) is 4.79 Å². The molecule has 0 aromatic heterocycles. The summed E-state index contributed by atoms with van der Waals surface area (Å²) in [5.74, 6) is -3.63. The second-order valence-corrected chi connectivity index (χ2v) is 4.48. The first-order valence-electron chi connectivity index (χ1n) is 19.2. The second-order valence-electron chi connectivity index (χ2n) is 4.48. The fourth-order valence-electron chi connectivity index (χ4n) is 1.50. The standard InChI is InChI=1S/C20H40N4O3/c1-3-5-6-7-8-9-10-11-12-15-18(25)24-17(19(26)27-4-2)14-13-16-23-20(21)22/h17H,3-16H2,1-2H3,(H,24,25)(H4,21,22,23)/i1D3,3D2,5D2,6D2,7D2,8D2,9D2,10D2,11D2,12D2,15D2. The van der Waals surface area contributed by atoms with Gasteiger partial charge in [-0.1, -0.05) is 57.8 Å². The van der Waals surface area contributed by atoms with Gasteiger partial charge in [0.25, 0.3) is 0 Å². The molecule has 0 rings (SSSR count). The van der Waals surface area contributed by atoms with Crippen molar-refractivity contribution in [1.82, 2.24) is 5.32 Å². The molecule has 0 aromatic carbocycles. The van der Waals surface area contributed by atoms with E-state index in [0.29, 0.717) is 0 Å². The smallest absolute Gasteiger partial charge is 0.328 e. The van der Waals surface area contributed by atoms with Gasteiger partial charge in [0.05, 0.1) is 6.61 Å². The number of amides is 1. The zero-order chi connectivity index (χ0) is 40.8. The summed E-state index contributed by atoms with van der Waals surface area (Å²) in [6, 6.07) is -1.74. The van der Waals surface area contributed by atoms with E-state index < -0.39 is 88.5 Å². The van der Waals surface area contributed by atoms with E-state index in [4.69, 9.17) is 47.7 Å². The van der Waals surface area contributed by atoms with E-state index in [-0.39, 0.29) is 32.0 Å². The van der Waals surface area contributed by atoms with Gasteiger partial charge in [-0.05, 0) is 26.1 Å². The molecule has 0 radical (unpaired) electrons. The minimum absolute atomic E-state index is 0.0580. The molecule has 0 aliphatic carbocycles. The Hall–Kier alpha value is -1.79. The molecule has 0 aliphatic rings. The lowest BCUT2D eigenvalue weighted by Gasteiger charge is -2.17. The number of esters is 1. The number of guanidine groups is 1. The van der Waals surface area contributed by atoms with Gasteiger partial charge < -0.3 is 21.5 Å². The van der Waals surface area contributed by atoms with Gasteiger partial charge in [-0.2, -0.15) is 0 Å². The molecule has 158 valence electrons. The number of nitrogens with two attached hydrogens (primary N) is 2. The van der Waals surface area contributed by atoms with E-state index in [9.17, 15) is 9.59 Å². The van der Waals surface area contributed by atoms with Crippen molar-refractivity contribution in [2.75, 3.05) is 13.2 Å². The summed E-state index contributed by atoms with van der Waals surface area (Å²) in [6.45, 7) is -3.03. The van der Waals surface area contributed by atoms with E-state index in [1.807, 2.05) is 0 Å². The predicted octanol–water partition coefficient (Wildman–Crippen LogP) is 3.01. The largest absolute Gasteiger partial charge is 0.464 e. The van der Waals surface area contributed by atoms with Crippen LogP contribution in [-0.4, -0.2) is 37.0 Å². The molecule has 27 heavy (non-hydrogen) atoms. The fraction of sp³-hybridized carbons (Fsp3) is 0.850. The molecule has 7 nitrogen and oxygen atoms in total. The third-order valence-corrected chi connectivity index (χ3v) is 2.50. The van der Waals surface area contributed by atoms with Gasteiger partial charge in [0.2, 0.25) is 5.91 Å². The molecule has 0 spiro atoms. The highest BCUT2D eigenvalue weighted by Gasteiger charge is 2.21. The van der Waals surface area contributed by atoms with Crippen molar-refractivity contribution in [3.8, 4) is 0 Å². The van der Waals surface area contributed by atoms with Crippen molar-refractivity contribution >= 4 is 17.8 Å². The normalized spacial score (nSPS) is 30.0. The molecule has 1 atom stereocenters. The number of hydrogen-bond acceptors (Lipinski definition) is 4. The van der Waals surface area contributed by atoms with Crippen LogP contribution in [0, 0.1) is 0 Å². The number of nitrogens with one attached hydrogen (secondary N) is 1. The fourth-order valence-corrected chi connectivity index (χ4v) is 1.50. The maximum atomic E-state index is 13.1. The molecule has 1 unspecified atom stereocenters. The van der Waals surface area contributed by atoms with Crippen LogP contribution in [0.15, 0.2) is 4.99 Å². The van der Waals surface area contributed by atoms with Gasteiger partial charge in [0.1, 0.15) is 6.04 Å². The average molecular weight is 408 g/mol. The zero-order valence-electron chi connectivity index (χ0n) is 37.7. The van der Waals surface area contributed by atoms with E-state index in [1.54, 1.807) is 5.32 Å². The quantitative estimate of drug-likeness (QED) is 0.148. The van der Waals surface area contributed by atoms with Crippen LogP contribution in [0.5, 0.6) is 0 Å². The van der Waals surface area contributed by atoms with E-state index in [2.05, 4.69) is 4.99 Å². The SMILES string of the molecule is [2H]C([2H])([2H])C([2H])([2H])C([2H])([2H])C([2H])([2H])C([2H])([2H])C([2H])([2H])C([2H])([2H])C([2H])([2H])C([2H])([2H])C([2H])([2H])C([2H])([2H])C(=O)NC(CCCN=C(N)N)C(=O)OCC. The van der Waals surface area contributed by atoms with E-state index >= 15 is 0 Å². The predicted molar refractivity (Wildman–Crippen MR) is 110 cm³/mol. The molecular formula is C20H40N4O3. The monoisotopic (exact) mass is 407 g/mol. The van der Waals surface area contributed by atoms with Gasteiger partial charge in [-0.15, -0.1) is 0 Å². The average Bonchev–Trinajstić information content (AvgIpc) is 2.92. The Labute approximate surface area is 197 Å². The first kappa shape index (κ1) is 6.63. The Balaban J connectivity index is 7.06. The molecule has 0 aliphatic heterocycles. The Morgan fingerprint density at radius 3 is 2.33 bits per heavy atom. The van der Waals surface area contributed by atoms with Crippen molar-refractivity contribution in [3.05, 3.63) is 0 Å². The van der Waals surface area contributed by atoms with Crippen molar-refractivity contribution in [3.63, 3.8) is 0 Å². The molecule has 0 fully saturated rings. The lowest BCUT2D eigenvalue weighted by atomic mass is 10.1. The first-order valence-corrected chi connectivity index (χ1v) is 7.71. The van der Waals surface area contributed by atoms with Crippen molar-refractivity contribution in [1.29, 1.82) is 0 Å². The third kappa shape index (κ3) is 16.1. The minimum Gasteiger partial charge on any atom is -0.464 e. The van der Waals surface area contributed by atoms with E-state index in [0.717, 1.165) is 0 Å². The van der Waals surface area contributed by atoms with Gasteiger partial charge >= 0.3 is 5.97 Å². The zero-order valence-corrected chi connectivity index (χ0v) is 14.7. The highest BCUT2D eigenvalue weighted by atomic mass is 16.5. The third-order valence-electron chi connectivity index (χ3n) is 2.50. The molecular weight excluding hydrogens is 344 g/mol. The lowest BCUT2D eigenvalue weighted by Crippen LogP contribution is -2.42. The lowest BCUT2D eigenvalue weighted by molar-refractivity contribution is -0.147. The summed E-state index contributed by atoms with van der Waals surface area (Å²) in [5.41, 5.74) is 10.4. The maximum Gasteiger partial charge on any atom is 0.328 e. The van der Waals surface area contributed by atoms with Crippen molar-refractivity contribution in [2.24, 2.45) is 16.5 Å². The second kappa shape index (κ2) is 17.6. The van der Waals surface area contributed by atoms with Crippen LogP contribution in [0.4, 0.5) is 0 Å². The summed E-state index contributed by atoms with van der Waals surface area (Å²) >= 11 is 0. The highest BCUT2D eigenvalue weighted by molar-refractivity contribution is 5.84. The van der Waals surface area contributed by atoms with Crippen LogP contribution < -0.4 is 16.8 Å². The number of hydrogen-bond donors (Lipinski definition) is 3. The molecule has 0 saturated heterocycles. The topological polar surface area (TPSA) is 120 Å². The molecule has 7 heteroatoms. The van der Waals surface area contributed by atoms with Gasteiger partial charge in [-0.3, -0.25) is 9.79 Å². The van der Waals surface area contributed by atoms with Crippen molar-refractivity contribution < 1.29 is 45.9 Å². The van der Waals surface area contributed by atoms with Crippen LogP contribution in [0.2, 0.25) is 0 Å². The number of ether oxygens (including phenoxy) is 1. The number of rotatable bonds is 17. The van der Waals surface area contributed by atoms with Crippen LogP contribution >= 0.6 is 0 Å². The summed E-state index contributed by atoms with van der Waals surface area (Å²) in [5, 5.41) is 1.79. The molecule has 5 N–H and O–H groups in total. The molecule has 0 aromatic rings. The molecule has 0 saturated carbocycles. The van der Waals surface area contributed by atoms with Crippen LogP contribution in [0.25, 0.3) is 0 Å². The number of aliphatic imine (C=N–C) groups is 1. The van der Waals surface area contributed by atoms with E-state index in [1.165, 1.54) is 6.92 Å². The maximum absolute atomic E-state index is 13.1. The number of nitrogens with zero attached hydrogens (tertiary/aromatic N) is 1. The molecule has 0 bridgehead atoms. The minimum atomic E-state index is -4.87. The van der Waals surface area contributed by atoms with Gasteiger partial charge in [0, 0.05) is 44.4 Å². The summed E-state index contributed by atoms with van der Waals surface area (Å²) in [6.07, 6.45) is -46.9. The Kier molecular flexibility index (Phi) is 4.33. The number of carbonyl (C=O) groups is 2. The Morgan fingerprint density at radius 2 is 1.74 bits per heavy atom. The van der Waals surface area contributed by atoms with Crippen molar-refractivity contribution in [2.45, 2.75) is 96.4 Å². The summed E-state index contributed by atoms with van der Waals surface area (Å²) in [4.78, 5) is 29.1.